The molecule has 0 atom stereocenters. The smallest absolute Gasteiger partial charge is 0.191 e. The molecule has 5 nitrogen and oxygen atoms in total. The summed E-state index contributed by atoms with van der Waals surface area (Å²) in [6.45, 7) is 6.66. The van der Waals surface area contributed by atoms with Gasteiger partial charge in [-0.3, -0.25) is 4.57 Å². The molecule has 2 rings (SSSR count). The van der Waals surface area contributed by atoms with E-state index in [-0.39, 0.29) is 6.61 Å². The molecular weight excluding hydrogens is 286 g/mol. The van der Waals surface area contributed by atoms with Crippen molar-refractivity contribution >= 4 is 11.8 Å². The van der Waals surface area contributed by atoms with Crippen LogP contribution in [0.3, 0.4) is 0 Å². The second kappa shape index (κ2) is 8.05. The summed E-state index contributed by atoms with van der Waals surface area (Å²) in [6.07, 6.45) is 6.47. The number of rotatable bonds is 9. The molecule has 2 aromatic rings. The van der Waals surface area contributed by atoms with Crippen LogP contribution in [0.1, 0.15) is 25.0 Å². The highest BCUT2D eigenvalue weighted by Crippen LogP contribution is 2.27. The second-order valence-corrected chi connectivity index (χ2v) is 5.79. The van der Waals surface area contributed by atoms with Crippen LogP contribution in [0.2, 0.25) is 0 Å². The lowest BCUT2D eigenvalue weighted by atomic mass is 10.2. The van der Waals surface area contributed by atoms with Crippen LogP contribution in [0.15, 0.2) is 34.6 Å². The van der Waals surface area contributed by atoms with Crippen LogP contribution in [0, 0.1) is 6.92 Å². The van der Waals surface area contributed by atoms with E-state index >= 15 is 0 Å². The Bertz CT molecular complexity index is 577. The zero-order chi connectivity index (χ0) is 15.1. The summed E-state index contributed by atoms with van der Waals surface area (Å²) >= 11 is 1.69. The van der Waals surface area contributed by atoms with E-state index in [9.17, 15) is 0 Å². The number of thioether (sulfide) groups is 1. The molecule has 0 aliphatic rings. The van der Waals surface area contributed by atoms with Gasteiger partial charge in [0.2, 0.25) is 0 Å². The fourth-order valence-corrected chi connectivity index (χ4v) is 3.01. The van der Waals surface area contributed by atoms with E-state index < -0.39 is 0 Å². The van der Waals surface area contributed by atoms with Crippen LogP contribution in [-0.4, -0.2) is 32.2 Å². The summed E-state index contributed by atoms with van der Waals surface area (Å²) in [6, 6.07) is 1.91. The first-order valence-corrected chi connectivity index (χ1v) is 8.08. The van der Waals surface area contributed by atoms with Crippen LogP contribution in [0.25, 0.3) is 11.4 Å². The Hall–Kier alpha value is -1.53. The van der Waals surface area contributed by atoms with Gasteiger partial charge in [-0.05, 0) is 25.8 Å². The molecule has 0 unspecified atom stereocenters. The first kappa shape index (κ1) is 15.9. The third kappa shape index (κ3) is 3.98. The number of hydrogen-bond acceptors (Lipinski definition) is 5. The molecule has 0 aliphatic carbocycles. The molecule has 6 heteroatoms. The molecule has 0 aromatic carbocycles. The van der Waals surface area contributed by atoms with Gasteiger partial charge in [-0.25, -0.2) is 0 Å². The standard InChI is InChI=1S/C15H21N3O2S/c1-3-8-18-14(13-7-10-20-12(13)2)16-17-15(18)21-11-6-4-5-9-19/h3,7,10,19H,1,4-6,8-9,11H2,2H3. The number of unbranched alkanes of at least 4 members (excludes halogenated alkanes) is 2. The van der Waals surface area contributed by atoms with Crippen LogP contribution >= 0.6 is 11.8 Å². The second-order valence-electron chi connectivity index (χ2n) is 4.73. The van der Waals surface area contributed by atoms with Gasteiger partial charge in [0.05, 0.1) is 11.8 Å². The highest BCUT2D eigenvalue weighted by molar-refractivity contribution is 7.99. The number of aromatic nitrogens is 3. The monoisotopic (exact) mass is 307 g/mol. The van der Waals surface area contributed by atoms with Crippen LogP contribution < -0.4 is 0 Å². The summed E-state index contributed by atoms with van der Waals surface area (Å²) < 4.78 is 7.41. The molecular formula is C15H21N3O2S. The number of furan rings is 1. The van der Waals surface area contributed by atoms with Crippen molar-refractivity contribution in [2.75, 3.05) is 12.4 Å². The van der Waals surface area contributed by atoms with E-state index in [1.54, 1.807) is 18.0 Å². The minimum atomic E-state index is 0.265. The lowest BCUT2D eigenvalue weighted by molar-refractivity contribution is 0.284. The summed E-state index contributed by atoms with van der Waals surface area (Å²) in [5.41, 5.74) is 0.969. The van der Waals surface area contributed by atoms with Crippen LogP contribution in [0.4, 0.5) is 0 Å². The topological polar surface area (TPSA) is 64.1 Å². The fraction of sp³-hybridized carbons (Fsp3) is 0.467. The third-order valence-corrected chi connectivity index (χ3v) is 4.21. The molecule has 0 saturated carbocycles. The van der Waals surface area contributed by atoms with E-state index in [0.717, 1.165) is 47.3 Å². The predicted molar refractivity (Wildman–Crippen MR) is 84.3 cm³/mol. The summed E-state index contributed by atoms with van der Waals surface area (Å²) in [5, 5.41) is 18.3. The largest absolute Gasteiger partial charge is 0.469 e. The van der Waals surface area contributed by atoms with Gasteiger partial charge in [-0.1, -0.05) is 24.3 Å². The third-order valence-electron chi connectivity index (χ3n) is 3.16. The number of hydrogen-bond donors (Lipinski definition) is 1. The van der Waals surface area contributed by atoms with E-state index in [2.05, 4.69) is 21.3 Å². The SMILES string of the molecule is C=CCn1c(SCCCCCO)nnc1-c1ccoc1C. The molecule has 0 fully saturated rings. The highest BCUT2D eigenvalue weighted by Gasteiger charge is 2.16. The number of aliphatic hydroxyl groups is 1. The van der Waals surface area contributed by atoms with Gasteiger partial charge in [0.15, 0.2) is 11.0 Å². The van der Waals surface area contributed by atoms with E-state index in [0.29, 0.717) is 6.54 Å². The molecule has 0 bridgehead atoms. The molecule has 0 saturated heterocycles. The first-order chi connectivity index (χ1) is 10.3. The van der Waals surface area contributed by atoms with Crippen molar-refractivity contribution in [1.82, 2.24) is 14.8 Å². The number of aryl methyl sites for hydroxylation is 1. The first-order valence-electron chi connectivity index (χ1n) is 7.10. The maximum Gasteiger partial charge on any atom is 0.191 e. The Kier molecular flexibility index (Phi) is 6.07. The average molecular weight is 307 g/mol. The van der Waals surface area contributed by atoms with Crippen molar-refractivity contribution < 1.29 is 9.52 Å². The Morgan fingerprint density at radius 2 is 2.24 bits per heavy atom. The molecule has 2 heterocycles. The number of allylic oxidation sites excluding steroid dienone is 1. The van der Waals surface area contributed by atoms with Gasteiger partial charge >= 0.3 is 0 Å². The van der Waals surface area contributed by atoms with E-state index in [4.69, 9.17) is 9.52 Å². The Balaban J connectivity index is 2.10. The molecule has 0 spiro atoms. The average Bonchev–Trinajstić information content (AvgIpc) is 3.06. The Morgan fingerprint density at radius 3 is 2.90 bits per heavy atom. The molecule has 0 amide bonds. The van der Waals surface area contributed by atoms with E-state index in [1.807, 2.05) is 19.1 Å². The van der Waals surface area contributed by atoms with Gasteiger partial charge in [0.25, 0.3) is 0 Å². The van der Waals surface area contributed by atoms with Gasteiger partial charge in [-0.15, -0.1) is 16.8 Å². The summed E-state index contributed by atoms with van der Waals surface area (Å²) in [5.74, 6) is 2.63. The predicted octanol–water partition coefficient (Wildman–Crippen LogP) is 3.29. The number of aliphatic hydroxyl groups excluding tert-OH is 1. The summed E-state index contributed by atoms with van der Waals surface area (Å²) in [7, 11) is 0. The molecule has 21 heavy (non-hydrogen) atoms. The van der Waals surface area contributed by atoms with Crippen molar-refractivity contribution in [2.45, 2.75) is 37.9 Å². The van der Waals surface area contributed by atoms with E-state index in [1.165, 1.54) is 0 Å². The lowest BCUT2D eigenvalue weighted by Crippen LogP contribution is -2.01. The Morgan fingerprint density at radius 1 is 1.38 bits per heavy atom. The van der Waals surface area contributed by atoms with Crippen LogP contribution in [0.5, 0.6) is 0 Å². The Labute approximate surface area is 129 Å². The lowest BCUT2D eigenvalue weighted by Gasteiger charge is -2.07. The molecule has 1 N–H and O–H groups in total. The van der Waals surface area contributed by atoms with Gasteiger partial charge < -0.3 is 9.52 Å². The summed E-state index contributed by atoms with van der Waals surface area (Å²) in [4.78, 5) is 0. The minimum Gasteiger partial charge on any atom is -0.469 e. The van der Waals surface area contributed by atoms with Crippen molar-refractivity contribution in [3.8, 4) is 11.4 Å². The van der Waals surface area contributed by atoms with Crippen molar-refractivity contribution in [1.29, 1.82) is 0 Å². The zero-order valence-electron chi connectivity index (χ0n) is 12.3. The van der Waals surface area contributed by atoms with Crippen molar-refractivity contribution in [3.63, 3.8) is 0 Å². The van der Waals surface area contributed by atoms with Crippen molar-refractivity contribution in [3.05, 3.63) is 30.7 Å². The van der Waals surface area contributed by atoms with Gasteiger partial charge in [0.1, 0.15) is 5.76 Å². The normalized spacial score (nSPS) is 11.0. The highest BCUT2D eigenvalue weighted by atomic mass is 32.2. The molecule has 114 valence electrons. The minimum absolute atomic E-state index is 0.265. The zero-order valence-corrected chi connectivity index (χ0v) is 13.1. The molecule has 0 radical (unpaired) electrons. The number of nitrogens with zero attached hydrogens (tertiary/aromatic N) is 3. The fourth-order valence-electron chi connectivity index (χ4n) is 2.06. The molecule has 2 aromatic heterocycles. The molecule has 0 aliphatic heterocycles. The van der Waals surface area contributed by atoms with Gasteiger partial charge in [-0.2, -0.15) is 0 Å². The van der Waals surface area contributed by atoms with Gasteiger partial charge in [0, 0.05) is 18.9 Å². The quantitative estimate of drug-likeness (QED) is 0.437. The maximum atomic E-state index is 8.78. The van der Waals surface area contributed by atoms with Crippen LogP contribution in [-0.2, 0) is 6.54 Å². The maximum absolute atomic E-state index is 8.78. The van der Waals surface area contributed by atoms with Crippen molar-refractivity contribution in [2.24, 2.45) is 0 Å².